The fraction of sp³-hybridized carbons (Fsp3) is 0.667. The van der Waals surface area contributed by atoms with E-state index in [-0.39, 0.29) is 0 Å². The predicted octanol–water partition coefficient (Wildman–Crippen LogP) is 3.27. The fourth-order valence-electron chi connectivity index (χ4n) is 2.58. The number of aryl methyl sites for hydroxylation is 1. The number of hydrogen-bond donors (Lipinski definition) is 1. The zero-order chi connectivity index (χ0) is 14.9. The van der Waals surface area contributed by atoms with Gasteiger partial charge in [-0.3, -0.25) is 0 Å². The van der Waals surface area contributed by atoms with E-state index in [0.29, 0.717) is 19.1 Å². The maximum Gasteiger partial charge on any atom is 0.0700 e. The second-order valence-corrected chi connectivity index (χ2v) is 6.04. The lowest BCUT2D eigenvalue weighted by Gasteiger charge is -2.19. The summed E-state index contributed by atoms with van der Waals surface area (Å²) in [6.07, 6.45) is 4.98. The normalized spacial score (nSPS) is 16.1. The molecule has 1 N–H and O–H groups in total. The average Bonchev–Trinajstić information content (AvgIpc) is 3.30. The highest BCUT2D eigenvalue weighted by molar-refractivity contribution is 5.25. The highest BCUT2D eigenvalue weighted by atomic mass is 16.5. The van der Waals surface area contributed by atoms with Crippen LogP contribution < -0.4 is 5.32 Å². The molecule has 0 amide bonds. The highest BCUT2D eigenvalue weighted by Gasteiger charge is 2.22. The van der Waals surface area contributed by atoms with Crippen molar-refractivity contribution >= 4 is 0 Å². The minimum Gasteiger partial charge on any atom is -0.382 e. The molecule has 1 fully saturated rings. The Morgan fingerprint density at radius 1 is 1.24 bits per heavy atom. The van der Waals surface area contributed by atoms with Gasteiger partial charge in [-0.05, 0) is 44.1 Å². The van der Waals surface area contributed by atoms with Gasteiger partial charge in [0.15, 0.2) is 0 Å². The van der Waals surface area contributed by atoms with Gasteiger partial charge in [-0.25, -0.2) is 0 Å². The Morgan fingerprint density at radius 2 is 2.10 bits per heavy atom. The fourth-order valence-corrected chi connectivity index (χ4v) is 2.58. The average molecular weight is 291 g/mol. The van der Waals surface area contributed by atoms with Crippen LogP contribution in [0.15, 0.2) is 24.3 Å². The standard InChI is InChI=1S/C18H29NO2/c1-15-5-3-6-16(13-15)17(14-19-18-8-9-18)7-4-10-21-12-11-20-2/h3,5-6,13,17-19H,4,7-12,14H2,1-2H3. The summed E-state index contributed by atoms with van der Waals surface area (Å²) in [6.45, 7) is 5.47. The van der Waals surface area contributed by atoms with E-state index < -0.39 is 0 Å². The largest absolute Gasteiger partial charge is 0.382 e. The van der Waals surface area contributed by atoms with Crippen molar-refractivity contribution in [1.82, 2.24) is 5.32 Å². The third-order valence-corrected chi connectivity index (χ3v) is 4.02. The zero-order valence-electron chi connectivity index (χ0n) is 13.4. The Labute approximate surface area is 129 Å². The van der Waals surface area contributed by atoms with Gasteiger partial charge in [0.1, 0.15) is 0 Å². The van der Waals surface area contributed by atoms with Crippen LogP contribution in [0.1, 0.15) is 42.7 Å². The van der Waals surface area contributed by atoms with Crippen molar-refractivity contribution in [3.63, 3.8) is 0 Å². The molecule has 0 aliphatic heterocycles. The Hall–Kier alpha value is -0.900. The number of rotatable bonds is 11. The van der Waals surface area contributed by atoms with Crippen molar-refractivity contribution in [2.75, 3.05) is 33.5 Å². The van der Waals surface area contributed by atoms with Crippen LogP contribution >= 0.6 is 0 Å². The van der Waals surface area contributed by atoms with Crippen molar-refractivity contribution in [2.45, 2.75) is 44.6 Å². The van der Waals surface area contributed by atoms with E-state index in [0.717, 1.165) is 25.6 Å². The second kappa shape index (κ2) is 9.19. The molecular formula is C18H29NO2. The molecule has 1 aromatic rings. The summed E-state index contributed by atoms with van der Waals surface area (Å²) in [4.78, 5) is 0. The molecule has 2 rings (SSSR count). The van der Waals surface area contributed by atoms with Crippen LogP contribution in [0.2, 0.25) is 0 Å². The first-order valence-electron chi connectivity index (χ1n) is 8.16. The van der Waals surface area contributed by atoms with Crippen LogP contribution in [-0.2, 0) is 9.47 Å². The maximum atomic E-state index is 5.58. The molecule has 0 radical (unpaired) electrons. The topological polar surface area (TPSA) is 30.5 Å². The molecule has 3 nitrogen and oxygen atoms in total. The summed E-state index contributed by atoms with van der Waals surface area (Å²) >= 11 is 0. The molecule has 0 heterocycles. The Kier molecular flexibility index (Phi) is 7.20. The second-order valence-electron chi connectivity index (χ2n) is 6.04. The van der Waals surface area contributed by atoms with Gasteiger partial charge in [0.05, 0.1) is 13.2 Å². The smallest absolute Gasteiger partial charge is 0.0700 e. The third kappa shape index (κ3) is 6.60. The highest BCUT2D eigenvalue weighted by Crippen LogP contribution is 2.25. The molecule has 1 saturated carbocycles. The minimum absolute atomic E-state index is 0.594. The van der Waals surface area contributed by atoms with Crippen LogP contribution in [0.25, 0.3) is 0 Å². The molecule has 1 aliphatic rings. The van der Waals surface area contributed by atoms with Crippen molar-refractivity contribution in [3.8, 4) is 0 Å². The molecule has 0 aromatic heterocycles. The van der Waals surface area contributed by atoms with Crippen molar-refractivity contribution in [3.05, 3.63) is 35.4 Å². The first-order chi connectivity index (χ1) is 10.3. The van der Waals surface area contributed by atoms with Gasteiger partial charge >= 0.3 is 0 Å². The summed E-state index contributed by atoms with van der Waals surface area (Å²) in [6, 6.07) is 9.70. The van der Waals surface area contributed by atoms with E-state index in [1.165, 1.54) is 30.4 Å². The first-order valence-corrected chi connectivity index (χ1v) is 8.16. The molecule has 1 aromatic carbocycles. The minimum atomic E-state index is 0.594. The summed E-state index contributed by atoms with van der Waals surface area (Å²) < 4.78 is 10.6. The lowest BCUT2D eigenvalue weighted by Crippen LogP contribution is -2.24. The van der Waals surface area contributed by atoms with Crippen LogP contribution in [0.4, 0.5) is 0 Å². The Balaban J connectivity index is 1.77. The monoisotopic (exact) mass is 291 g/mol. The summed E-state index contributed by atoms with van der Waals surface area (Å²) in [7, 11) is 1.71. The molecule has 1 aliphatic carbocycles. The first kappa shape index (κ1) is 16.5. The zero-order valence-corrected chi connectivity index (χ0v) is 13.4. The number of nitrogens with one attached hydrogen (secondary N) is 1. The van der Waals surface area contributed by atoms with E-state index in [1.807, 2.05) is 0 Å². The van der Waals surface area contributed by atoms with Crippen LogP contribution in [-0.4, -0.2) is 39.5 Å². The van der Waals surface area contributed by atoms with Gasteiger partial charge in [0, 0.05) is 26.3 Å². The lowest BCUT2D eigenvalue weighted by molar-refractivity contribution is 0.0681. The van der Waals surface area contributed by atoms with Gasteiger partial charge < -0.3 is 14.8 Å². The van der Waals surface area contributed by atoms with Crippen molar-refractivity contribution in [2.24, 2.45) is 0 Å². The number of benzene rings is 1. The lowest BCUT2D eigenvalue weighted by atomic mass is 9.93. The third-order valence-electron chi connectivity index (χ3n) is 4.02. The van der Waals surface area contributed by atoms with E-state index in [9.17, 15) is 0 Å². The van der Waals surface area contributed by atoms with E-state index in [4.69, 9.17) is 9.47 Å². The number of ether oxygens (including phenoxy) is 2. The van der Waals surface area contributed by atoms with E-state index >= 15 is 0 Å². The van der Waals surface area contributed by atoms with E-state index in [2.05, 4.69) is 36.5 Å². The number of methoxy groups -OCH3 is 1. The molecule has 0 spiro atoms. The molecular weight excluding hydrogens is 262 g/mol. The van der Waals surface area contributed by atoms with Crippen LogP contribution in [0, 0.1) is 6.92 Å². The van der Waals surface area contributed by atoms with Gasteiger partial charge in [-0.2, -0.15) is 0 Å². The summed E-state index contributed by atoms with van der Waals surface area (Å²) in [5, 5.41) is 3.68. The van der Waals surface area contributed by atoms with Gasteiger partial charge in [0.2, 0.25) is 0 Å². The number of hydrogen-bond acceptors (Lipinski definition) is 3. The summed E-state index contributed by atoms with van der Waals surface area (Å²) in [5.74, 6) is 0.594. The van der Waals surface area contributed by atoms with Gasteiger partial charge in [-0.1, -0.05) is 29.8 Å². The molecule has 1 unspecified atom stereocenters. The van der Waals surface area contributed by atoms with Crippen molar-refractivity contribution < 1.29 is 9.47 Å². The Bertz CT molecular complexity index is 404. The molecule has 1 atom stereocenters. The van der Waals surface area contributed by atoms with Gasteiger partial charge in [-0.15, -0.1) is 0 Å². The molecule has 118 valence electrons. The Morgan fingerprint density at radius 3 is 2.81 bits per heavy atom. The predicted molar refractivity (Wildman–Crippen MR) is 86.9 cm³/mol. The van der Waals surface area contributed by atoms with Gasteiger partial charge in [0.25, 0.3) is 0 Å². The molecule has 0 bridgehead atoms. The van der Waals surface area contributed by atoms with Crippen LogP contribution in [0.5, 0.6) is 0 Å². The van der Waals surface area contributed by atoms with E-state index in [1.54, 1.807) is 7.11 Å². The van der Waals surface area contributed by atoms with Crippen molar-refractivity contribution in [1.29, 1.82) is 0 Å². The maximum absolute atomic E-state index is 5.58. The van der Waals surface area contributed by atoms with Crippen LogP contribution in [0.3, 0.4) is 0 Å². The molecule has 21 heavy (non-hydrogen) atoms. The molecule has 3 heteroatoms. The SMILES string of the molecule is COCCOCCCC(CNC1CC1)c1cccc(C)c1. The summed E-state index contributed by atoms with van der Waals surface area (Å²) in [5.41, 5.74) is 2.81. The molecule has 0 saturated heterocycles. The quantitative estimate of drug-likeness (QED) is 0.635.